The quantitative estimate of drug-likeness (QED) is 0.834. The highest BCUT2D eigenvalue weighted by Crippen LogP contribution is 2.39. The van der Waals surface area contributed by atoms with E-state index in [0.29, 0.717) is 12.0 Å². The summed E-state index contributed by atoms with van der Waals surface area (Å²) in [6.45, 7) is 6.24. The zero-order valence-electron chi connectivity index (χ0n) is 10.6. The molecule has 0 spiro atoms. The van der Waals surface area contributed by atoms with E-state index in [2.05, 4.69) is 24.5 Å². The second-order valence-corrected chi connectivity index (χ2v) is 5.36. The third-order valence-electron chi connectivity index (χ3n) is 3.32. The van der Waals surface area contributed by atoms with Gasteiger partial charge in [0.2, 0.25) is 0 Å². The Bertz CT molecular complexity index is 424. The summed E-state index contributed by atoms with van der Waals surface area (Å²) < 4.78 is 0. The van der Waals surface area contributed by atoms with Crippen LogP contribution in [0.2, 0.25) is 0 Å². The van der Waals surface area contributed by atoms with Gasteiger partial charge in [0.15, 0.2) is 0 Å². The maximum atomic E-state index is 4.75. The second-order valence-electron chi connectivity index (χ2n) is 5.36. The predicted molar refractivity (Wildman–Crippen MR) is 68.2 cm³/mol. The SMILES string of the molecule is CC(C)Nc1nc(C2CC2)nc2c1CNCC2. The Balaban J connectivity index is 1.99. The molecule has 0 saturated heterocycles. The van der Waals surface area contributed by atoms with Gasteiger partial charge in [-0.3, -0.25) is 0 Å². The minimum absolute atomic E-state index is 0.419. The van der Waals surface area contributed by atoms with Gasteiger partial charge in [0.25, 0.3) is 0 Å². The van der Waals surface area contributed by atoms with Gasteiger partial charge >= 0.3 is 0 Å². The predicted octanol–water partition coefficient (Wildman–Crippen LogP) is 1.82. The average molecular weight is 232 g/mol. The van der Waals surface area contributed by atoms with E-state index in [1.165, 1.54) is 24.1 Å². The molecule has 1 fully saturated rings. The van der Waals surface area contributed by atoms with Crippen molar-refractivity contribution in [1.82, 2.24) is 15.3 Å². The van der Waals surface area contributed by atoms with Crippen LogP contribution in [0, 0.1) is 0 Å². The molecule has 2 aliphatic rings. The third-order valence-corrected chi connectivity index (χ3v) is 3.32. The number of anilines is 1. The Morgan fingerprint density at radius 2 is 2.12 bits per heavy atom. The Morgan fingerprint density at radius 3 is 2.82 bits per heavy atom. The maximum absolute atomic E-state index is 4.75. The fraction of sp³-hybridized carbons (Fsp3) is 0.692. The van der Waals surface area contributed by atoms with Crippen molar-refractivity contribution < 1.29 is 0 Å². The molecule has 2 heterocycles. The van der Waals surface area contributed by atoms with E-state index >= 15 is 0 Å². The second kappa shape index (κ2) is 4.26. The summed E-state index contributed by atoms with van der Waals surface area (Å²) in [6, 6.07) is 0.419. The fourth-order valence-corrected chi connectivity index (χ4v) is 2.28. The topological polar surface area (TPSA) is 49.8 Å². The molecule has 4 nitrogen and oxygen atoms in total. The van der Waals surface area contributed by atoms with Crippen LogP contribution in [0.1, 0.15) is 49.7 Å². The zero-order valence-corrected chi connectivity index (χ0v) is 10.6. The van der Waals surface area contributed by atoms with Crippen LogP contribution < -0.4 is 10.6 Å². The molecule has 0 aromatic carbocycles. The van der Waals surface area contributed by atoms with Crippen molar-refractivity contribution in [3.05, 3.63) is 17.1 Å². The van der Waals surface area contributed by atoms with Crippen molar-refractivity contribution in [3.63, 3.8) is 0 Å². The van der Waals surface area contributed by atoms with Gasteiger partial charge in [-0.1, -0.05) is 0 Å². The largest absolute Gasteiger partial charge is 0.368 e. The molecule has 1 aromatic heterocycles. The molecule has 0 bridgehead atoms. The molecule has 1 aromatic rings. The molecule has 0 amide bonds. The average Bonchev–Trinajstić information content (AvgIpc) is 3.12. The van der Waals surface area contributed by atoms with Gasteiger partial charge in [0.05, 0.1) is 5.69 Å². The number of hydrogen-bond donors (Lipinski definition) is 2. The Kier molecular flexibility index (Phi) is 2.74. The molecule has 0 unspecified atom stereocenters. The molecule has 17 heavy (non-hydrogen) atoms. The third kappa shape index (κ3) is 2.27. The van der Waals surface area contributed by atoms with Gasteiger partial charge in [0.1, 0.15) is 11.6 Å². The number of hydrogen-bond acceptors (Lipinski definition) is 4. The Hall–Kier alpha value is -1.16. The van der Waals surface area contributed by atoms with Crippen LogP contribution in [-0.2, 0) is 13.0 Å². The molecule has 0 atom stereocenters. The molecule has 4 heteroatoms. The smallest absolute Gasteiger partial charge is 0.134 e. The van der Waals surface area contributed by atoms with Gasteiger partial charge in [-0.25, -0.2) is 9.97 Å². The molecule has 1 aliphatic carbocycles. The van der Waals surface area contributed by atoms with E-state index in [9.17, 15) is 0 Å². The standard InChI is InChI=1S/C13H20N4/c1-8(2)15-13-10-7-14-6-5-11(10)16-12(17-13)9-3-4-9/h8-9,14H,3-7H2,1-2H3,(H,15,16,17). The lowest BCUT2D eigenvalue weighted by molar-refractivity contribution is 0.620. The van der Waals surface area contributed by atoms with Crippen LogP contribution in [0.4, 0.5) is 5.82 Å². The lowest BCUT2D eigenvalue weighted by Crippen LogP contribution is -2.28. The number of rotatable bonds is 3. The number of nitrogens with one attached hydrogen (secondary N) is 2. The zero-order chi connectivity index (χ0) is 11.8. The summed E-state index contributed by atoms with van der Waals surface area (Å²) in [7, 11) is 0. The van der Waals surface area contributed by atoms with Crippen LogP contribution >= 0.6 is 0 Å². The number of fused-ring (bicyclic) bond motifs is 1. The first-order valence-corrected chi connectivity index (χ1v) is 6.61. The summed E-state index contributed by atoms with van der Waals surface area (Å²) in [4.78, 5) is 9.48. The molecule has 3 rings (SSSR count). The summed E-state index contributed by atoms with van der Waals surface area (Å²) in [6.07, 6.45) is 3.56. The highest BCUT2D eigenvalue weighted by atomic mass is 15.1. The van der Waals surface area contributed by atoms with Crippen molar-refractivity contribution in [3.8, 4) is 0 Å². The Labute approximate surface area is 102 Å². The van der Waals surface area contributed by atoms with Gasteiger partial charge in [-0.2, -0.15) is 0 Å². The molecule has 92 valence electrons. The van der Waals surface area contributed by atoms with Crippen molar-refractivity contribution in [1.29, 1.82) is 0 Å². The molecule has 1 aliphatic heterocycles. The minimum Gasteiger partial charge on any atom is -0.368 e. The van der Waals surface area contributed by atoms with E-state index in [-0.39, 0.29) is 0 Å². The first-order chi connectivity index (χ1) is 8.24. The van der Waals surface area contributed by atoms with Gasteiger partial charge in [-0.05, 0) is 26.7 Å². The van der Waals surface area contributed by atoms with Crippen LogP contribution in [0.25, 0.3) is 0 Å². The first kappa shape index (κ1) is 11.0. The number of aromatic nitrogens is 2. The minimum atomic E-state index is 0.419. The highest BCUT2D eigenvalue weighted by molar-refractivity contribution is 5.48. The van der Waals surface area contributed by atoms with Gasteiger partial charge in [0, 0.05) is 37.0 Å². The molecule has 2 N–H and O–H groups in total. The van der Waals surface area contributed by atoms with Gasteiger partial charge in [-0.15, -0.1) is 0 Å². The normalized spacial score (nSPS) is 19.2. The van der Waals surface area contributed by atoms with E-state index in [4.69, 9.17) is 9.97 Å². The van der Waals surface area contributed by atoms with Crippen LogP contribution in [0.3, 0.4) is 0 Å². The van der Waals surface area contributed by atoms with Crippen molar-refractivity contribution >= 4 is 5.82 Å². The molecular formula is C13H20N4. The fourth-order valence-electron chi connectivity index (χ4n) is 2.28. The van der Waals surface area contributed by atoms with E-state index in [1.807, 2.05) is 0 Å². The monoisotopic (exact) mass is 232 g/mol. The van der Waals surface area contributed by atoms with E-state index in [0.717, 1.165) is 31.2 Å². The number of nitrogens with zero attached hydrogens (tertiary/aromatic N) is 2. The molecular weight excluding hydrogens is 212 g/mol. The van der Waals surface area contributed by atoms with E-state index in [1.54, 1.807) is 0 Å². The highest BCUT2D eigenvalue weighted by Gasteiger charge is 2.29. The summed E-state index contributed by atoms with van der Waals surface area (Å²) in [5.41, 5.74) is 2.53. The van der Waals surface area contributed by atoms with Crippen molar-refractivity contribution in [2.24, 2.45) is 0 Å². The van der Waals surface area contributed by atoms with Crippen molar-refractivity contribution in [2.45, 2.75) is 51.6 Å². The maximum Gasteiger partial charge on any atom is 0.134 e. The molecule has 1 saturated carbocycles. The lowest BCUT2D eigenvalue weighted by Gasteiger charge is -2.21. The summed E-state index contributed by atoms with van der Waals surface area (Å²) in [5.74, 6) is 2.75. The summed E-state index contributed by atoms with van der Waals surface area (Å²) >= 11 is 0. The van der Waals surface area contributed by atoms with Crippen LogP contribution in [0.5, 0.6) is 0 Å². The lowest BCUT2D eigenvalue weighted by atomic mass is 10.1. The molecule has 0 radical (unpaired) electrons. The van der Waals surface area contributed by atoms with Crippen molar-refractivity contribution in [2.75, 3.05) is 11.9 Å². The van der Waals surface area contributed by atoms with Crippen LogP contribution in [-0.4, -0.2) is 22.6 Å². The summed E-state index contributed by atoms with van der Waals surface area (Å²) in [5, 5.41) is 6.86. The van der Waals surface area contributed by atoms with Crippen LogP contribution in [0.15, 0.2) is 0 Å². The first-order valence-electron chi connectivity index (χ1n) is 6.61. The Morgan fingerprint density at radius 1 is 1.29 bits per heavy atom. The van der Waals surface area contributed by atoms with E-state index < -0.39 is 0 Å². The van der Waals surface area contributed by atoms with Gasteiger partial charge < -0.3 is 10.6 Å².